The molecule has 0 atom stereocenters. The maximum atomic E-state index is 13.3. The molecule has 32 heavy (non-hydrogen) atoms. The summed E-state index contributed by atoms with van der Waals surface area (Å²) in [6.45, 7) is 2.05. The average Bonchev–Trinajstić information content (AvgIpc) is 2.75. The molecule has 0 bridgehead atoms. The summed E-state index contributed by atoms with van der Waals surface area (Å²) in [6.07, 6.45) is 1.53. The number of nitrogens with zero attached hydrogens (tertiary/aromatic N) is 2. The van der Waals surface area contributed by atoms with Crippen molar-refractivity contribution in [3.63, 3.8) is 0 Å². The van der Waals surface area contributed by atoms with Gasteiger partial charge in [0.25, 0.3) is 11.5 Å². The van der Waals surface area contributed by atoms with Gasteiger partial charge >= 0.3 is 0 Å². The lowest BCUT2D eigenvalue weighted by atomic mass is 10.1. The van der Waals surface area contributed by atoms with Crippen LogP contribution in [0.3, 0.4) is 0 Å². The van der Waals surface area contributed by atoms with Crippen molar-refractivity contribution in [2.45, 2.75) is 19.8 Å². The summed E-state index contributed by atoms with van der Waals surface area (Å²) in [7, 11) is 1.41. The maximum absolute atomic E-state index is 13.3. The minimum absolute atomic E-state index is 0.00522. The second-order valence-electron chi connectivity index (χ2n) is 6.94. The van der Waals surface area contributed by atoms with E-state index >= 15 is 0 Å². The van der Waals surface area contributed by atoms with Gasteiger partial charge in [-0.1, -0.05) is 12.1 Å². The molecule has 0 radical (unpaired) electrons. The van der Waals surface area contributed by atoms with E-state index in [0.717, 1.165) is 23.8 Å². The van der Waals surface area contributed by atoms with Gasteiger partial charge < -0.3 is 8.92 Å². The molecule has 0 saturated heterocycles. The molecule has 3 aromatic rings. The predicted molar refractivity (Wildman–Crippen MR) is 116 cm³/mol. The average molecular weight is 466 g/mol. The van der Waals surface area contributed by atoms with Gasteiger partial charge in [0.2, 0.25) is 12.3 Å². The maximum Gasteiger partial charge on any atom is 0.278 e. The normalized spacial score (nSPS) is 11.4. The Bertz CT molecular complexity index is 1130. The summed E-state index contributed by atoms with van der Waals surface area (Å²) in [5.41, 5.74) is 1.25. The van der Waals surface area contributed by atoms with Gasteiger partial charge in [0, 0.05) is 25.7 Å². The fraction of sp³-hybridized carbons (Fsp3) is 0.273. The van der Waals surface area contributed by atoms with E-state index in [1.807, 2.05) is 0 Å². The monoisotopic (exact) mass is 466 g/mol. The quantitative estimate of drug-likeness (QED) is 0.316. The summed E-state index contributed by atoms with van der Waals surface area (Å²) >= 11 is 0.729. The molecule has 0 N–H and O–H groups in total. The first-order valence-corrected chi connectivity index (χ1v) is 10.3. The molecular formula is C22H21F3N2O4S. The van der Waals surface area contributed by atoms with Crippen LogP contribution in [-0.4, -0.2) is 28.7 Å². The van der Waals surface area contributed by atoms with Crippen LogP contribution >= 0.6 is 12.3 Å². The van der Waals surface area contributed by atoms with Gasteiger partial charge in [-0.25, -0.2) is 13.2 Å². The van der Waals surface area contributed by atoms with Crippen molar-refractivity contribution in [1.29, 1.82) is 0 Å². The van der Waals surface area contributed by atoms with Crippen molar-refractivity contribution < 1.29 is 26.3 Å². The van der Waals surface area contributed by atoms with Crippen molar-refractivity contribution in [2.75, 3.05) is 13.2 Å². The van der Waals surface area contributed by atoms with Gasteiger partial charge in [0.15, 0.2) is 18.2 Å². The zero-order chi connectivity index (χ0) is 23.3. The van der Waals surface area contributed by atoms with Crippen molar-refractivity contribution in [3.8, 4) is 34.0 Å². The first-order chi connectivity index (χ1) is 15.2. The highest BCUT2D eigenvalue weighted by atomic mass is 32.2. The molecule has 0 aliphatic heterocycles. The number of hydrogen-bond acceptors (Lipinski definition) is 6. The summed E-state index contributed by atoms with van der Waals surface area (Å²) in [5, 5.41) is 0. The Morgan fingerprint density at radius 1 is 1.12 bits per heavy atom. The lowest BCUT2D eigenvalue weighted by Gasteiger charge is -2.16. The molecule has 10 heteroatoms. The lowest BCUT2D eigenvalue weighted by Crippen LogP contribution is -2.26. The van der Waals surface area contributed by atoms with Gasteiger partial charge in [0.05, 0.1) is 12.2 Å². The smallest absolute Gasteiger partial charge is 0.278 e. The third kappa shape index (κ3) is 5.83. The highest BCUT2D eigenvalue weighted by molar-refractivity contribution is 7.90. The molecule has 2 heterocycles. The fourth-order valence-electron chi connectivity index (χ4n) is 2.76. The summed E-state index contributed by atoms with van der Waals surface area (Å²) in [6, 6.07) is 10.4. The Labute approximate surface area is 187 Å². The summed E-state index contributed by atoms with van der Waals surface area (Å²) < 4.78 is 56.5. The number of hydrogen-bond donors (Lipinski definition) is 0. The third-order valence-electron chi connectivity index (χ3n) is 4.31. The third-order valence-corrected chi connectivity index (χ3v) is 4.89. The van der Waals surface area contributed by atoms with E-state index in [2.05, 4.69) is 4.98 Å². The molecule has 3 rings (SSSR count). The number of ether oxygens (including phenoxy) is 1. The number of aromatic nitrogens is 2. The minimum Gasteiger partial charge on any atom is -0.472 e. The Kier molecular flexibility index (Phi) is 7.47. The summed E-state index contributed by atoms with van der Waals surface area (Å²) in [5.74, 6) is -3.16. The van der Waals surface area contributed by atoms with E-state index in [-0.39, 0.29) is 28.7 Å². The van der Waals surface area contributed by atoms with Gasteiger partial charge in [-0.05, 0) is 42.8 Å². The van der Waals surface area contributed by atoms with Gasteiger partial charge in [-0.2, -0.15) is 0 Å². The van der Waals surface area contributed by atoms with Gasteiger partial charge in [0.1, 0.15) is 11.5 Å². The minimum atomic E-state index is -3.04. The Morgan fingerprint density at radius 2 is 1.84 bits per heavy atom. The van der Waals surface area contributed by atoms with Crippen LogP contribution in [-0.2, 0) is 11.2 Å². The number of halogens is 3. The van der Waals surface area contributed by atoms with Crippen LogP contribution in [0.5, 0.6) is 11.6 Å². The molecule has 0 unspecified atom stereocenters. The van der Waals surface area contributed by atoms with E-state index in [1.165, 1.54) is 37.5 Å². The Balaban J connectivity index is 2.01. The summed E-state index contributed by atoms with van der Waals surface area (Å²) in [4.78, 5) is 17.3. The molecule has 0 amide bonds. The molecule has 6 nitrogen and oxygen atoms in total. The molecule has 0 fully saturated rings. The molecule has 170 valence electrons. The zero-order valence-corrected chi connectivity index (χ0v) is 18.4. The van der Waals surface area contributed by atoms with Crippen LogP contribution in [0.25, 0.3) is 22.4 Å². The van der Waals surface area contributed by atoms with Crippen molar-refractivity contribution in [2.24, 2.45) is 7.05 Å². The molecule has 2 aromatic heterocycles. The van der Waals surface area contributed by atoms with Gasteiger partial charge in [-0.15, -0.1) is 0 Å². The fourth-order valence-corrected chi connectivity index (χ4v) is 3.11. The molecule has 0 aliphatic carbocycles. The Morgan fingerprint density at radius 3 is 2.50 bits per heavy atom. The van der Waals surface area contributed by atoms with Crippen LogP contribution in [0, 0.1) is 5.82 Å². The Hall–Kier alpha value is -2.98. The molecule has 0 saturated carbocycles. The van der Waals surface area contributed by atoms with E-state index in [9.17, 15) is 18.0 Å². The predicted octanol–water partition coefficient (Wildman–Crippen LogP) is 5.27. The van der Waals surface area contributed by atoms with Crippen LogP contribution in [0.15, 0.2) is 53.5 Å². The SMILES string of the molecule is CCOSOc1cc(-c2ccc(F)cc2)cnc1-c1ccc(OCC(C)(F)F)n(C)c1=O. The van der Waals surface area contributed by atoms with Crippen LogP contribution in [0.4, 0.5) is 13.2 Å². The van der Waals surface area contributed by atoms with Crippen LogP contribution < -0.4 is 14.5 Å². The molecule has 0 aliphatic rings. The molecule has 1 aromatic carbocycles. The second-order valence-corrected chi connectivity index (χ2v) is 7.48. The zero-order valence-electron chi connectivity index (χ0n) is 17.6. The van der Waals surface area contributed by atoms with Crippen molar-refractivity contribution >= 4 is 12.3 Å². The van der Waals surface area contributed by atoms with E-state index in [1.54, 1.807) is 25.1 Å². The lowest BCUT2D eigenvalue weighted by molar-refractivity contribution is -0.0252. The first-order valence-electron chi connectivity index (χ1n) is 9.62. The largest absolute Gasteiger partial charge is 0.472 e. The second kappa shape index (κ2) is 10.1. The van der Waals surface area contributed by atoms with Crippen molar-refractivity contribution in [3.05, 3.63) is 64.8 Å². The van der Waals surface area contributed by atoms with E-state index in [4.69, 9.17) is 13.1 Å². The van der Waals surface area contributed by atoms with E-state index in [0.29, 0.717) is 17.7 Å². The molecule has 0 spiro atoms. The van der Waals surface area contributed by atoms with Crippen LogP contribution in [0.2, 0.25) is 0 Å². The number of alkyl halides is 2. The van der Waals surface area contributed by atoms with Gasteiger partial charge in [-0.3, -0.25) is 18.5 Å². The standard InChI is InChI=1S/C22H21F3N2O4S/c1-4-30-32-31-18-11-15(14-5-7-16(23)8-6-14)12-26-20(18)17-9-10-19(27(3)21(17)28)29-13-22(2,24)25/h5-12H,4,13H2,1-3H3. The highest BCUT2D eigenvalue weighted by Gasteiger charge is 2.23. The first kappa shape index (κ1) is 23.7. The van der Waals surface area contributed by atoms with Crippen molar-refractivity contribution in [1.82, 2.24) is 9.55 Å². The topological polar surface area (TPSA) is 62.6 Å². The number of benzene rings is 1. The number of rotatable bonds is 9. The molecular weight excluding hydrogens is 445 g/mol. The van der Waals surface area contributed by atoms with E-state index < -0.39 is 18.1 Å². The highest BCUT2D eigenvalue weighted by Crippen LogP contribution is 2.33. The van der Waals surface area contributed by atoms with Crippen LogP contribution in [0.1, 0.15) is 13.8 Å². The number of pyridine rings is 2.